The Hall–Kier alpha value is -9.23. The van der Waals surface area contributed by atoms with Crippen LogP contribution in [0.3, 0.4) is 0 Å². The minimum Gasteiger partial charge on any atom is -0.329 e. The van der Waals surface area contributed by atoms with E-state index in [1.807, 2.05) is 119 Å². The van der Waals surface area contributed by atoms with Gasteiger partial charge >= 0.3 is 0 Å². The van der Waals surface area contributed by atoms with Crippen LogP contribution >= 0.6 is 0 Å². The van der Waals surface area contributed by atoms with Gasteiger partial charge in [-0.3, -0.25) is 49.4 Å². The summed E-state index contributed by atoms with van der Waals surface area (Å²) >= 11 is 0. The van der Waals surface area contributed by atoms with Gasteiger partial charge in [0.2, 0.25) is 11.1 Å². The molecule has 0 bridgehead atoms. The van der Waals surface area contributed by atoms with Gasteiger partial charge in [0.25, 0.3) is 0 Å². The van der Waals surface area contributed by atoms with Crippen LogP contribution in [0.15, 0.2) is 175 Å². The first-order chi connectivity index (χ1) is 46.8. The fourth-order valence-corrected chi connectivity index (χ4v) is 8.38. The lowest BCUT2D eigenvalue weighted by atomic mass is 10.1. The van der Waals surface area contributed by atoms with Crippen LogP contribution in [0.4, 0.5) is 4.39 Å². The fourth-order valence-electron chi connectivity index (χ4n) is 8.38. The highest BCUT2D eigenvalue weighted by molar-refractivity contribution is 5.22. The van der Waals surface area contributed by atoms with E-state index >= 15 is 0 Å². The zero-order valence-corrected chi connectivity index (χ0v) is 64.2. The lowest BCUT2D eigenvalue weighted by Gasteiger charge is -2.05. The number of nitrogens with zero attached hydrogens (tertiary/aromatic N) is 9. The topological polar surface area (TPSA) is 205 Å². The van der Waals surface area contributed by atoms with Gasteiger partial charge in [0.1, 0.15) is 5.82 Å². The summed E-state index contributed by atoms with van der Waals surface area (Å²) in [6.07, 6.45) is 26.7. The Balaban J connectivity index is 0.000000549. The van der Waals surface area contributed by atoms with E-state index in [0.717, 1.165) is 40.1 Å². The molecular weight excluding hydrogens is 1230 g/mol. The first kappa shape index (κ1) is 87.8. The molecule has 1 saturated carbocycles. The Labute approximate surface area is 594 Å². The van der Waals surface area contributed by atoms with Crippen molar-refractivity contribution in [3.05, 3.63) is 271 Å². The molecule has 10 aromatic heterocycles. The largest absolute Gasteiger partial charge is 0.329 e. The number of rotatable bonds is 11. The van der Waals surface area contributed by atoms with Gasteiger partial charge in [0.15, 0.2) is 0 Å². The zero-order chi connectivity index (χ0) is 74.7. The van der Waals surface area contributed by atoms with Crippen LogP contribution in [-0.4, -0.2) is 65.1 Å². The molecule has 0 unspecified atom stereocenters. The maximum absolute atomic E-state index is 12.3. The van der Waals surface area contributed by atoms with Crippen molar-refractivity contribution in [2.45, 2.75) is 237 Å². The van der Waals surface area contributed by atoms with E-state index in [0.29, 0.717) is 59.2 Å². The van der Waals surface area contributed by atoms with Crippen molar-refractivity contribution in [3.63, 3.8) is 0 Å². The van der Waals surface area contributed by atoms with Crippen LogP contribution in [0.1, 0.15) is 295 Å². The second kappa shape index (κ2) is 48.5. The van der Waals surface area contributed by atoms with Crippen molar-refractivity contribution in [1.82, 2.24) is 65.1 Å². The number of aryl methyl sites for hydroxylation is 4. The molecule has 0 amide bonds. The Morgan fingerprint density at radius 3 is 1.25 bits per heavy atom. The summed E-state index contributed by atoms with van der Waals surface area (Å²) in [7, 11) is 1.94. The summed E-state index contributed by atoms with van der Waals surface area (Å²) in [5, 5.41) is 18.6. The Bertz CT molecular complexity index is 3540. The smallest absolute Gasteiger partial charge is 0.247 e. The highest BCUT2D eigenvalue weighted by Gasteiger charge is 2.25. The monoisotopic (exact) mass is 1350 g/mol. The fraction of sp³-hybridized carbons (Fsp3) is 0.446. The van der Waals surface area contributed by atoms with Crippen LogP contribution in [-0.2, 0) is 7.05 Å². The molecule has 11 rings (SSSR count). The van der Waals surface area contributed by atoms with Crippen molar-refractivity contribution in [2.75, 3.05) is 0 Å². The van der Waals surface area contributed by atoms with Crippen molar-refractivity contribution < 1.29 is 4.39 Å². The molecule has 1 fully saturated rings. The second-order valence-electron chi connectivity index (χ2n) is 27.3. The molecule has 0 saturated heterocycles. The molecule has 10 aromatic rings. The number of pyridine rings is 7. The number of aromatic nitrogens is 13. The molecule has 10 heterocycles. The molecular formula is C83H120FN13O2. The SMILES string of the molecule is C#C.CC(C)c1cc(C2CC2)[nH]n1.CC(C)c1ccc(=O)[nH]c1.CC(C)c1ccc(=O)[nH]c1.CC(C)c1ccc(F)cn1.CC(C)c1ccccn1.CC(C)c1cccnc1.CC(C)c1ccn(C)n1.Cc1cc(C(C)C)n[nH]1.Cc1ccc(C(C)C)cn1.Cc1cccnc1C(C)C. The summed E-state index contributed by atoms with van der Waals surface area (Å²) in [4.78, 5) is 47.0. The number of hydrogen-bond donors (Lipinski definition) is 4. The van der Waals surface area contributed by atoms with Gasteiger partial charge in [-0.1, -0.05) is 175 Å². The summed E-state index contributed by atoms with van der Waals surface area (Å²) in [6, 6.07) is 34.6. The average Bonchev–Trinajstić information content (AvgIpc) is 1.70. The zero-order valence-electron chi connectivity index (χ0n) is 64.2. The highest BCUT2D eigenvalue weighted by Crippen LogP contribution is 2.39. The van der Waals surface area contributed by atoms with E-state index in [1.54, 1.807) is 36.8 Å². The van der Waals surface area contributed by atoms with Gasteiger partial charge in [-0.15, -0.1) is 12.8 Å². The molecule has 0 aromatic carbocycles. The molecule has 536 valence electrons. The van der Waals surface area contributed by atoms with Crippen molar-refractivity contribution in [1.29, 1.82) is 0 Å². The molecule has 99 heavy (non-hydrogen) atoms. The quantitative estimate of drug-likeness (QED) is 0.0902. The van der Waals surface area contributed by atoms with Gasteiger partial charge in [0.05, 0.1) is 23.3 Å². The van der Waals surface area contributed by atoms with E-state index in [9.17, 15) is 14.0 Å². The molecule has 0 radical (unpaired) electrons. The van der Waals surface area contributed by atoms with Gasteiger partial charge in [-0.2, -0.15) is 15.3 Å². The van der Waals surface area contributed by atoms with Crippen LogP contribution < -0.4 is 11.1 Å². The van der Waals surface area contributed by atoms with Crippen LogP contribution in [0.2, 0.25) is 0 Å². The number of terminal acetylenes is 1. The van der Waals surface area contributed by atoms with Crippen molar-refractivity contribution in [2.24, 2.45) is 7.05 Å². The summed E-state index contributed by atoms with van der Waals surface area (Å²) in [6.45, 7) is 48.7. The second-order valence-corrected chi connectivity index (χ2v) is 27.3. The molecule has 4 N–H and O–H groups in total. The molecule has 0 aliphatic heterocycles. The van der Waals surface area contributed by atoms with E-state index in [-0.39, 0.29) is 16.9 Å². The predicted octanol–water partition coefficient (Wildman–Crippen LogP) is 20.8. The number of H-pyrrole nitrogens is 4. The standard InChI is InChI=1S/C9H14N2.2C9H13N.C8H10FN.2C8H11NO.2C8H11N.2C7H12N2.C2H2/c1-6(2)8-5-9(11-10-8)7-3-4-7;1-7(2)9-5-4-8(3)10-6-9;1-7(2)9-8(3)5-4-6-10-9;1-6(2)8-4-3-7(9)5-10-8;2*1-6(2)7-3-4-8(10)9-5-7;1-7(2)8-4-3-5-9-6-8;1-7(2)8-5-3-4-6-9-8;1-6(2)7-4-5-9(3)8-7;1-5(2)7-4-6(3)8-9-7;1-2/h5-7H,3-4H2,1-2H3,(H,10,11);2*4-7H,1-3H3;3-6H,1-2H3;2*3-6H,1-2H3,(H,9,10);2*3-7H,1-2H3;4-6H,1-3H3;4-5H,1-3H3,(H,8,9);1-2H. The van der Waals surface area contributed by atoms with Crippen molar-refractivity contribution in [3.8, 4) is 12.8 Å². The van der Waals surface area contributed by atoms with E-state index in [1.165, 1.54) is 70.0 Å². The van der Waals surface area contributed by atoms with Gasteiger partial charge in [-0.25, -0.2) is 4.39 Å². The highest BCUT2D eigenvalue weighted by atomic mass is 19.1. The predicted molar refractivity (Wildman–Crippen MR) is 413 cm³/mol. The third-order valence-corrected chi connectivity index (χ3v) is 15.0. The Kier molecular flexibility index (Phi) is 43.0. The van der Waals surface area contributed by atoms with Gasteiger partial charge < -0.3 is 9.97 Å². The first-order valence-corrected chi connectivity index (χ1v) is 34.8. The minimum absolute atomic E-state index is 0.0376. The molecule has 1 aliphatic rings. The molecule has 16 heteroatoms. The summed E-state index contributed by atoms with van der Waals surface area (Å²) < 4.78 is 14.1. The normalized spacial score (nSPS) is 11.0. The Morgan fingerprint density at radius 1 is 0.444 bits per heavy atom. The maximum atomic E-state index is 12.3. The average molecular weight is 1350 g/mol. The van der Waals surface area contributed by atoms with Crippen LogP contribution in [0.5, 0.6) is 0 Å². The summed E-state index contributed by atoms with van der Waals surface area (Å²) in [5.74, 6) is 5.78. The van der Waals surface area contributed by atoms with Crippen LogP contribution in [0, 0.1) is 39.4 Å². The number of halogens is 1. The minimum atomic E-state index is -0.274. The maximum Gasteiger partial charge on any atom is 0.247 e. The molecule has 0 spiro atoms. The van der Waals surface area contributed by atoms with Crippen molar-refractivity contribution >= 4 is 0 Å². The number of hydrogen-bond acceptors (Lipinski definition) is 10. The molecule has 1 aliphatic carbocycles. The number of nitrogens with one attached hydrogen (secondary N) is 4. The third-order valence-electron chi connectivity index (χ3n) is 15.0. The molecule has 15 nitrogen and oxygen atoms in total. The van der Waals surface area contributed by atoms with E-state index in [2.05, 4.69) is 241 Å². The van der Waals surface area contributed by atoms with E-state index in [4.69, 9.17) is 0 Å². The van der Waals surface area contributed by atoms with Gasteiger partial charge in [0, 0.05) is 109 Å². The van der Waals surface area contributed by atoms with E-state index < -0.39 is 0 Å². The lowest BCUT2D eigenvalue weighted by Crippen LogP contribution is -2.03. The Morgan fingerprint density at radius 2 is 0.939 bits per heavy atom. The van der Waals surface area contributed by atoms with Gasteiger partial charge in [-0.05, 0) is 181 Å². The molecule has 0 atom stereocenters. The third kappa shape index (κ3) is 38.5. The first-order valence-electron chi connectivity index (χ1n) is 34.8. The lowest BCUT2D eigenvalue weighted by molar-refractivity contribution is 0.617. The van der Waals surface area contributed by atoms with Crippen LogP contribution in [0.25, 0.3) is 0 Å². The number of aromatic amines is 4. The summed E-state index contributed by atoms with van der Waals surface area (Å²) in [5.41, 5.74) is 16.5.